The minimum absolute atomic E-state index is 0.275. The molecule has 0 radical (unpaired) electrons. The smallest absolute Gasteiger partial charge is 0.326 e. The highest BCUT2D eigenvalue weighted by atomic mass is 32.2. The molecule has 0 aromatic rings. The van der Waals surface area contributed by atoms with Crippen molar-refractivity contribution in [3.05, 3.63) is 0 Å². The summed E-state index contributed by atoms with van der Waals surface area (Å²) in [6.45, 7) is -0.0629. The molecule has 4 amide bonds. The highest BCUT2D eigenvalue weighted by Crippen LogP contribution is 2.18. The molecule has 0 aliphatic carbocycles. The van der Waals surface area contributed by atoms with Gasteiger partial charge in [-0.05, 0) is 31.3 Å². The van der Waals surface area contributed by atoms with Crippen LogP contribution in [-0.2, 0) is 24.0 Å². The summed E-state index contributed by atoms with van der Waals surface area (Å²) in [5.74, 6) is -3.02. The Labute approximate surface area is 166 Å². The maximum Gasteiger partial charge on any atom is 0.326 e. The molecule has 1 aliphatic rings. The molecule has 1 saturated heterocycles. The van der Waals surface area contributed by atoms with E-state index in [1.54, 1.807) is 0 Å². The van der Waals surface area contributed by atoms with Crippen LogP contribution < -0.4 is 22.1 Å². The van der Waals surface area contributed by atoms with Gasteiger partial charge >= 0.3 is 5.97 Å². The molecule has 11 nitrogen and oxygen atoms in total. The van der Waals surface area contributed by atoms with Crippen molar-refractivity contribution in [3.63, 3.8) is 0 Å². The van der Waals surface area contributed by atoms with Gasteiger partial charge in [-0.1, -0.05) is 0 Å². The molecule has 3 unspecified atom stereocenters. The van der Waals surface area contributed by atoms with Gasteiger partial charge in [0, 0.05) is 6.54 Å². The maximum absolute atomic E-state index is 12.5. The SMILES string of the molecule is CSCCC(NC(=O)C1CCCN1C(=O)CNC(=O)C(N)CC(N)=O)C(=O)O. The minimum atomic E-state index is -1.16. The van der Waals surface area contributed by atoms with E-state index in [4.69, 9.17) is 11.5 Å². The standard InChI is InChI=1S/C16H27N5O6S/c1-28-6-4-10(16(26)27)20-15(25)11-3-2-5-21(11)13(23)8-19-14(24)9(17)7-12(18)22/h9-11H,2-8,17H2,1H3,(H2,18,22)(H,19,24)(H,20,25)(H,26,27). The zero-order chi connectivity index (χ0) is 21.3. The van der Waals surface area contributed by atoms with Crippen LogP contribution in [0.15, 0.2) is 0 Å². The Bertz CT molecular complexity index is 616. The van der Waals surface area contributed by atoms with Gasteiger partial charge in [0.1, 0.15) is 12.1 Å². The van der Waals surface area contributed by atoms with Crippen LogP contribution >= 0.6 is 11.8 Å². The molecule has 0 bridgehead atoms. The largest absolute Gasteiger partial charge is 0.480 e. The zero-order valence-electron chi connectivity index (χ0n) is 15.7. The average molecular weight is 417 g/mol. The number of carboxylic acids is 1. The summed E-state index contributed by atoms with van der Waals surface area (Å²) < 4.78 is 0. The van der Waals surface area contributed by atoms with E-state index in [2.05, 4.69) is 10.6 Å². The van der Waals surface area contributed by atoms with Crippen LogP contribution in [0.4, 0.5) is 0 Å². The molecule has 0 saturated carbocycles. The van der Waals surface area contributed by atoms with E-state index in [9.17, 15) is 29.1 Å². The predicted molar refractivity (Wildman–Crippen MR) is 102 cm³/mol. The van der Waals surface area contributed by atoms with Gasteiger partial charge in [0.15, 0.2) is 0 Å². The number of carbonyl (C=O) groups is 5. The highest BCUT2D eigenvalue weighted by molar-refractivity contribution is 7.98. The Balaban J connectivity index is 2.61. The monoisotopic (exact) mass is 417 g/mol. The fourth-order valence-electron chi connectivity index (χ4n) is 2.80. The molecule has 3 atom stereocenters. The maximum atomic E-state index is 12.5. The Hall–Kier alpha value is -2.34. The number of carbonyl (C=O) groups excluding carboxylic acids is 4. The van der Waals surface area contributed by atoms with Crippen molar-refractivity contribution < 1.29 is 29.1 Å². The number of likely N-dealkylation sites (tertiary alicyclic amines) is 1. The van der Waals surface area contributed by atoms with Crippen LogP contribution in [0.1, 0.15) is 25.7 Å². The summed E-state index contributed by atoms with van der Waals surface area (Å²) in [6.07, 6.45) is 2.75. The lowest BCUT2D eigenvalue weighted by molar-refractivity contribution is -0.144. The van der Waals surface area contributed by atoms with Crippen LogP contribution in [0.5, 0.6) is 0 Å². The predicted octanol–water partition coefficient (Wildman–Crippen LogP) is -2.38. The average Bonchev–Trinajstić information content (AvgIpc) is 3.11. The second-order valence-corrected chi connectivity index (χ2v) is 7.41. The number of hydrogen-bond acceptors (Lipinski definition) is 7. The number of nitrogens with zero attached hydrogens (tertiary/aromatic N) is 1. The molecule has 12 heteroatoms. The number of hydrogen-bond donors (Lipinski definition) is 5. The molecular formula is C16H27N5O6S. The van der Waals surface area contributed by atoms with Crippen molar-refractivity contribution in [2.24, 2.45) is 11.5 Å². The van der Waals surface area contributed by atoms with Crippen molar-refractivity contribution in [2.75, 3.05) is 25.1 Å². The second kappa shape index (κ2) is 11.5. The first kappa shape index (κ1) is 23.7. The number of thioether (sulfide) groups is 1. The van der Waals surface area contributed by atoms with Gasteiger partial charge in [-0.3, -0.25) is 19.2 Å². The molecular weight excluding hydrogens is 390 g/mol. The molecule has 7 N–H and O–H groups in total. The lowest BCUT2D eigenvalue weighted by Crippen LogP contribution is -2.53. The lowest BCUT2D eigenvalue weighted by atomic mass is 10.1. The third-order valence-corrected chi connectivity index (χ3v) is 4.92. The van der Waals surface area contributed by atoms with E-state index in [1.165, 1.54) is 16.7 Å². The van der Waals surface area contributed by atoms with Gasteiger partial charge in [0.05, 0.1) is 19.0 Å². The fourth-order valence-corrected chi connectivity index (χ4v) is 3.28. The molecule has 28 heavy (non-hydrogen) atoms. The van der Waals surface area contributed by atoms with Crippen LogP contribution in [0.25, 0.3) is 0 Å². The summed E-state index contributed by atoms with van der Waals surface area (Å²) in [6, 6.07) is -2.97. The van der Waals surface area contributed by atoms with Gasteiger partial charge in [0.2, 0.25) is 23.6 Å². The highest BCUT2D eigenvalue weighted by Gasteiger charge is 2.35. The number of amides is 4. The number of rotatable bonds is 11. The van der Waals surface area contributed by atoms with Gasteiger partial charge in [-0.25, -0.2) is 4.79 Å². The van der Waals surface area contributed by atoms with Gasteiger partial charge in [-0.2, -0.15) is 11.8 Å². The first-order valence-electron chi connectivity index (χ1n) is 8.80. The molecule has 1 rings (SSSR count). The molecule has 1 aliphatic heterocycles. The van der Waals surface area contributed by atoms with Crippen molar-refractivity contribution in [2.45, 2.75) is 43.8 Å². The molecule has 0 spiro atoms. The van der Waals surface area contributed by atoms with E-state index in [1.807, 2.05) is 6.26 Å². The van der Waals surface area contributed by atoms with E-state index >= 15 is 0 Å². The molecule has 1 fully saturated rings. The lowest BCUT2D eigenvalue weighted by Gasteiger charge is -2.25. The Morgan fingerprint density at radius 3 is 2.54 bits per heavy atom. The van der Waals surface area contributed by atoms with Crippen molar-refractivity contribution >= 4 is 41.4 Å². The number of carboxylic acid groups (broad SMARTS) is 1. The van der Waals surface area contributed by atoms with Gasteiger partial charge < -0.3 is 32.1 Å². The Kier molecular flexibility index (Phi) is 9.73. The quantitative estimate of drug-likeness (QED) is 0.246. The van der Waals surface area contributed by atoms with Crippen molar-refractivity contribution in [3.8, 4) is 0 Å². The number of nitrogens with two attached hydrogens (primary N) is 2. The van der Waals surface area contributed by atoms with Crippen molar-refractivity contribution in [1.82, 2.24) is 15.5 Å². The molecule has 158 valence electrons. The second-order valence-electron chi connectivity index (χ2n) is 6.42. The van der Waals surface area contributed by atoms with Crippen LogP contribution in [0.3, 0.4) is 0 Å². The van der Waals surface area contributed by atoms with E-state index < -0.39 is 47.7 Å². The zero-order valence-corrected chi connectivity index (χ0v) is 16.5. The Morgan fingerprint density at radius 1 is 1.29 bits per heavy atom. The van der Waals surface area contributed by atoms with Crippen LogP contribution in [-0.4, -0.2) is 82.8 Å². The summed E-state index contributed by atoms with van der Waals surface area (Å²) in [5, 5.41) is 14.0. The van der Waals surface area contributed by atoms with Gasteiger partial charge in [-0.15, -0.1) is 0 Å². The first-order chi connectivity index (χ1) is 13.2. The van der Waals surface area contributed by atoms with E-state index in [0.29, 0.717) is 25.1 Å². The first-order valence-corrected chi connectivity index (χ1v) is 10.2. The summed E-state index contributed by atoms with van der Waals surface area (Å²) in [5.41, 5.74) is 10.5. The minimum Gasteiger partial charge on any atom is -0.480 e. The van der Waals surface area contributed by atoms with E-state index in [-0.39, 0.29) is 19.4 Å². The topological polar surface area (TPSA) is 185 Å². The summed E-state index contributed by atoms with van der Waals surface area (Å²) in [7, 11) is 0. The normalized spacial score (nSPS) is 18.2. The van der Waals surface area contributed by atoms with Crippen molar-refractivity contribution in [1.29, 1.82) is 0 Å². The molecule has 1 heterocycles. The number of nitrogens with one attached hydrogen (secondary N) is 2. The third kappa shape index (κ3) is 7.35. The van der Waals surface area contributed by atoms with E-state index in [0.717, 1.165) is 0 Å². The van der Waals surface area contributed by atoms with Crippen LogP contribution in [0.2, 0.25) is 0 Å². The van der Waals surface area contributed by atoms with Gasteiger partial charge in [0.25, 0.3) is 0 Å². The summed E-state index contributed by atoms with van der Waals surface area (Å²) in [4.78, 5) is 60.0. The summed E-state index contributed by atoms with van der Waals surface area (Å²) >= 11 is 1.47. The fraction of sp³-hybridized carbons (Fsp3) is 0.688. The number of aliphatic carboxylic acids is 1. The molecule has 0 aromatic heterocycles. The van der Waals surface area contributed by atoms with Crippen LogP contribution in [0, 0.1) is 0 Å². The third-order valence-electron chi connectivity index (χ3n) is 4.27. The number of primary amides is 1. The Morgan fingerprint density at radius 2 is 1.96 bits per heavy atom. The molecule has 0 aromatic carbocycles.